The van der Waals surface area contributed by atoms with E-state index in [1.54, 1.807) is 17.7 Å². The second-order valence-corrected chi connectivity index (χ2v) is 6.31. The lowest BCUT2D eigenvalue weighted by molar-refractivity contribution is -0.143. The normalized spacial score (nSPS) is 11.7. The number of nitrogens with one attached hydrogen (secondary N) is 1. The number of hydrazone groups is 1. The van der Waals surface area contributed by atoms with E-state index in [0.29, 0.717) is 5.56 Å². The van der Waals surface area contributed by atoms with Crippen LogP contribution in [-0.4, -0.2) is 29.3 Å². The summed E-state index contributed by atoms with van der Waals surface area (Å²) in [7, 11) is 0. The maximum atomic E-state index is 12.8. The Balaban J connectivity index is 1.78. The highest BCUT2D eigenvalue weighted by molar-refractivity contribution is 6.01. The maximum Gasteiger partial charge on any atom is 0.416 e. The van der Waals surface area contributed by atoms with Crippen molar-refractivity contribution >= 4 is 29.0 Å². The van der Waals surface area contributed by atoms with Crippen LogP contribution in [0.1, 0.15) is 28.4 Å². The number of hydrogen-bond acceptors (Lipinski definition) is 4. The van der Waals surface area contributed by atoms with Gasteiger partial charge >= 0.3 is 12.1 Å². The molecule has 0 radical (unpaired) electrons. The second kappa shape index (κ2) is 8.81. The van der Waals surface area contributed by atoms with E-state index in [-0.39, 0.29) is 24.7 Å². The number of halogens is 3. The molecule has 0 saturated carbocycles. The SMILES string of the molecule is CCOC(=O)Cn1cc(/C=N/NC(=O)c2cccc(C(F)(F)F)c2)c2ccccc21. The average molecular weight is 417 g/mol. The van der Waals surface area contributed by atoms with Gasteiger partial charge in [0.15, 0.2) is 0 Å². The van der Waals surface area contributed by atoms with Gasteiger partial charge in [-0.25, -0.2) is 5.43 Å². The standard InChI is InChI=1S/C21H18F3N3O3/c1-2-30-19(28)13-27-12-15(17-8-3-4-9-18(17)27)11-25-26-20(29)14-6-5-7-16(10-14)21(22,23)24/h3-12H,2,13H2,1H3,(H,26,29)/b25-11+. The third kappa shape index (κ3) is 4.86. The molecule has 1 amide bonds. The molecule has 156 valence electrons. The van der Waals surface area contributed by atoms with Crippen molar-refractivity contribution < 1.29 is 27.5 Å². The lowest BCUT2D eigenvalue weighted by Gasteiger charge is -2.07. The van der Waals surface area contributed by atoms with Crippen molar-refractivity contribution in [3.8, 4) is 0 Å². The fraction of sp³-hybridized carbons (Fsp3) is 0.190. The van der Waals surface area contributed by atoms with E-state index in [4.69, 9.17) is 4.74 Å². The molecule has 1 heterocycles. The summed E-state index contributed by atoms with van der Waals surface area (Å²) in [5.74, 6) is -1.16. The molecule has 0 spiro atoms. The van der Waals surface area contributed by atoms with Crippen LogP contribution >= 0.6 is 0 Å². The number of para-hydroxylation sites is 1. The third-order valence-corrected chi connectivity index (χ3v) is 4.25. The van der Waals surface area contributed by atoms with Crippen molar-refractivity contribution in [2.24, 2.45) is 5.10 Å². The van der Waals surface area contributed by atoms with Gasteiger partial charge in [0, 0.05) is 28.2 Å². The van der Waals surface area contributed by atoms with Crippen LogP contribution in [0, 0.1) is 0 Å². The van der Waals surface area contributed by atoms with E-state index in [1.807, 2.05) is 24.3 Å². The van der Waals surface area contributed by atoms with Crippen LogP contribution in [0.15, 0.2) is 59.8 Å². The van der Waals surface area contributed by atoms with Crippen LogP contribution < -0.4 is 5.43 Å². The minimum atomic E-state index is -4.54. The summed E-state index contributed by atoms with van der Waals surface area (Å²) in [6.07, 6.45) is -1.49. The summed E-state index contributed by atoms with van der Waals surface area (Å²) < 4.78 is 45.1. The van der Waals surface area contributed by atoms with Gasteiger partial charge in [-0.15, -0.1) is 0 Å². The fourth-order valence-corrected chi connectivity index (χ4v) is 2.92. The van der Waals surface area contributed by atoms with E-state index in [1.165, 1.54) is 12.3 Å². The average Bonchev–Trinajstić information content (AvgIpc) is 3.05. The van der Waals surface area contributed by atoms with E-state index >= 15 is 0 Å². The van der Waals surface area contributed by atoms with Crippen molar-refractivity contribution in [3.63, 3.8) is 0 Å². The number of esters is 1. The monoisotopic (exact) mass is 417 g/mol. The van der Waals surface area contributed by atoms with Gasteiger partial charge in [-0.05, 0) is 31.2 Å². The number of alkyl halides is 3. The lowest BCUT2D eigenvalue weighted by Crippen LogP contribution is -2.18. The fourth-order valence-electron chi connectivity index (χ4n) is 2.92. The zero-order valence-electron chi connectivity index (χ0n) is 15.9. The van der Waals surface area contributed by atoms with Crippen LogP contribution in [0.25, 0.3) is 10.9 Å². The third-order valence-electron chi connectivity index (χ3n) is 4.25. The van der Waals surface area contributed by atoms with Gasteiger partial charge < -0.3 is 9.30 Å². The van der Waals surface area contributed by atoms with E-state index in [0.717, 1.165) is 29.1 Å². The second-order valence-electron chi connectivity index (χ2n) is 6.31. The Bertz CT molecular complexity index is 1100. The van der Waals surface area contributed by atoms with Gasteiger partial charge in [0.2, 0.25) is 0 Å². The molecule has 0 bridgehead atoms. The molecule has 0 aliphatic heterocycles. The van der Waals surface area contributed by atoms with Crippen LogP contribution in [0.2, 0.25) is 0 Å². The van der Waals surface area contributed by atoms with Crippen LogP contribution in [0.4, 0.5) is 13.2 Å². The van der Waals surface area contributed by atoms with Crippen molar-refractivity contribution in [1.82, 2.24) is 9.99 Å². The first kappa shape index (κ1) is 21.1. The molecule has 30 heavy (non-hydrogen) atoms. The number of benzene rings is 2. The van der Waals surface area contributed by atoms with Crippen molar-refractivity contribution in [2.75, 3.05) is 6.61 Å². The van der Waals surface area contributed by atoms with Crippen molar-refractivity contribution in [1.29, 1.82) is 0 Å². The minimum Gasteiger partial charge on any atom is -0.465 e. The highest BCUT2D eigenvalue weighted by atomic mass is 19.4. The molecular weight excluding hydrogens is 399 g/mol. The molecule has 0 aliphatic rings. The number of carbonyl (C=O) groups is 2. The van der Waals surface area contributed by atoms with Gasteiger partial charge in [-0.1, -0.05) is 24.3 Å². The highest BCUT2D eigenvalue weighted by Crippen LogP contribution is 2.29. The smallest absolute Gasteiger partial charge is 0.416 e. The van der Waals surface area contributed by atoms with Crippen LogP contribution in [-0.2, 0) is 22.3 Å². The molecule has 0 fully saturated rings. The Hall–Kier alpha value is -3.62. The molecule has 3 aromatic rings. The van der Waals surface area contributed by atoms with Gasteiger partial charge in [-0.2, -0.15) is 18.3 Å². The number of hydrogen-bond donors (Lipinski definition) is 1. The van der Waals surface area contributed by atoms with Gasteiger partial charge in [0.1, 0.15) is 6.54 Å². The number of nitrogens with zero attached hydrogens (tertiary/aromatic N) is 2. The highest BCUT2D eigenvalue weighted by Gasteiger charge is 2.30. The molecule has 9 heteroatoms. The zero-order chi connectivity index (χ0) is 21.7. The molecule has 0 unspecified atom stereocenters. The molecule has 6 nitrogen and oxygen atoms in total. The van der Waals surface area contributed by atoms with E-state index in [9.17, 15) is 22.8 Å². The first-order valence-electron chi connectivity index (χ1n) is 9.03. The number of rotatable bonds is 6. The van der Waals surface area contributed by atoms with E-state index in [2.05, 4.69) is 10.5 Å². The Kier molecular flexibility index (Phi) is 6.20. The van der Waals surface area contributed by atoms with Crippen molar-refractivity contribution in [3.05, 3.63) is 71.4 Å². The van der Waals surface area contributed by atoms with Gasteiger partial charge in [0.25, 0.3) is 5.91 Å². The number of amides is 1. The van der Waals surface area contributed by atoms with Gasteiger partial charge in [-0.3, -0.25) is 9.59 Å². The Morgan fingerprint density at radius 2 is 1.93 bits per heavy atom. The Morgan fingerprint density at radius 3 is 2.67 bits per heavy atom. The zero-order valence-corrected chi connectivity index (χ0v) is 15.9. The van der Waals surface area contributed by atoms with Crippen molar-refractivity contribution in [2.45, 2.75) is 19.6 Å². The number of aromatic nitrogens is 1. The van der Waals surface area contributed by atoms with Gasteiger partial charge in [0.05, 0.1) is 18.4 Å². The molecule has 3 rings (SSSR count). The topological polar surface area (TPSA) is 72.7 Å². The number of fused-ring (bicyclic) bond motifs is 1. The molecular formula is C21H18F3N3O3. The largest absolute Gasteiger partial charge is 0.465 e. The molecule has 1 aromatic heterocycles. The lowest BCUT2D eigenvalue weighted by atomic mass is 10.1. The first-order valence-corrected chi connectivity index (χ1v) is 9.03. The molecule has 0 atom stereocenters. The summed E-state index contributed by atoms with van der Waals surface area (Å²) in [6.45, 7) is 2.00. The maximum absolute atomic E-state index is 12.8. The predicted octanol–water partition coefficient (Wildman–Crippen LogP) is 3.99. The summed E-state index contributed by atoms with van der Waals surface area (Å²) in [5, 5.41) is 4.64. The molecule has 0 aliphatic carbocycles. The minimum absolute atomic E-state index is 0.0127. The Morgan fingerprint density at radius 1 is 1.17 bits per heavy atom. The molecule has 1 N–H and O–H groups in total. The number of ether oxygens (including phenoxy) is 1. The quantitative estimate of drug-likeness (QED) is 0.375. The summed E-state index contributed by atoms with van der Waals surface area (Å²) in [6, 6.07) is 11.4. The van der Waals surface area contributed by atoms with E-state index < -0.39 is 17.6 Å². The van der Waals surface area contributed by atoms with Crippen LogP contribution in [0.5, 0.6) is 0 Å². The summed E-state index contributed by atoms with van der Waals surface area (Å²) >= 11 is 0. The summed E-state index contributed by atoms with van der Waals surface area (Å²) in [4.78, 5) is 24.0. The molecule has 2 aromatic carbocycles. The van der Waals surface area contributed by atoms with Crippen LogP contribution in [0.3, 0.4) is 0 Å². The Labute approximate surface area is 169 Å². The first-order chi connectivity index (χ1) is 14.3. The number of carbonyl (C=O) groups excluding carboxylic acids is 2. The predicted molar refractivity (Wildman–Crippen MR) is 105 cm³/mol. The summed E-state index contributed by atoms with van der Waals surface area (Å²) in [5.41, 5.74) is 2.55. The molecule has 0 saturated heterocycles.